The third-order valence-electron chi connectivity index (χ3n) is 2.71. The number of carbonyl (C=O) groups is 1. The smallest absolute Gasteiger partial charge is 0.275 e. The summed E-state index contributed by atoms with van der Waals surface area (Å²) in [6, 6.07) is 7.22. The molecule has 0 aliphatic heterocycles. The van der Waals surface area contributed by atoms with Gasteiger partial charge in [0, 0.05) is 11.9 Å². The highest BCUT2D eigenvalue weighted by Gasteiger charge is 2.13. The number of carbonyl (C=O) groups excluding carboxylic acids is 1. The van der Waals surface area contributed by atoms with Crippen molar-refractivity contribution >= 4 is 22.9 Å². The van der Waals surface area contributed by atoms with Crippen LogP contribution in [0.3, 0.4) is 0 Å². The Labute approximate surface area is 123 Å². The maximum atomic E-state index is 12.2. The fourth-order valence-electron chi connectivity index (χ4n) is 1.75. The molecule has 0 bridgehead atoms. The molecule has 0 saturated carbocycles. The molecule has 0 atom stereocenters. The third kappa shape index (κ3) is 2.78. The molecule has 1 amide bonds. The number of nitrogens with zero attached hydrogens (tertiary/aromatic N) is 5. The summed E-state index contributed by atoms with van der Waals surface area (Å²) >= 11 is 1.36. The molecule has 0 aliphatic carbocycles. The number of nitrogens with one attached hydrogen (secondary N) is 1. The van der Waals surface area contributed by atoms with E-state index in [-0.39, 0.29) is 5.91 Å². The van der Waals surface area contributed by atoms with Crippen LogP contribution in [0.1, 0.15) is 15.5 Å². The van der Waals surface area contributed by atoms with Crippen molar-refractivity contribution in [3.63, 3.8) is 0 Å². The van der Waals surface area contributed by atoms with E-state index >= 15 is 0 Å². The second kappa shape index (κ2) is 5.77. The minimum Gasteiger partial charge on any atom is -0.325 e. The number of para-hydroxylation sites is 2. The first-order valence-corrected chi connectivity index (χ1v) is 6.94. The fraction of sp³-hybridized carbons (Fsp3) is 0.0833. The van der Waals surface area contributed by atoms with Crippen LogP contribution in [0, 0.1) is 0 Å². The molecule has 0 unspecified atom stereocenters. The van der Waals surface area contributed by atoms with Crippen molar-refractivity contribution in [2.75, 3.05) is 5.32 Å². The van der Waals surface area contributed by atoms with Gasteiger partial charge in [-0.3, -0.25) is 4.79 Å². The summed E-state index contributed by atoms with van der Waals surface area (Å²) in [4.78, 5) is 16.3. The quantitative estimate of drug-likeness (QED) is 0.738. The normalized spacial score (nSPS) is 10.5. The molecule has 8 nitrogen and oxygen atoms in total. The van der Waals surface area contributed by atoms with Gasteiger partial charge in [-0.2, -0.15) is 4.68 Å². The van der Waals surface area contributed by atoms with Gasteiger partial charge >= 0.3 is 0 Å². The average Bonchev–Trinajstić information content (AvgIpc) is 3.19. The van der Waals surface area contributed by atoms with Gasteiger partial charge in [-0.25, -0.2) is 4.98 Å². The predicted molar refractivity (Wildman–Crippen MR) is 77.1 cm³/mol. The molecular formula is C12H11N7OS. The number of amides is 1. The van der Waals surface area contributed by atoms with Gasteiger partial charge in [-0.15, -0.1) is 16.4 Å². The lowest BCUT2D eigenvalue weighted by Gasteiger charge is -2.08. The van der Waals surface area contributed by atoms with E-state index in [0.29, 0.717) is 28.6 Å². The highest BCUT2D eigenvalue weighted by molar-refractivity contribution is 7.09. The number of tetrazole rings is 1. The van der Waals surface area contributed by atoms with E-state index in [1.165, 1.54) is 22.3 Å². The van der Waals surface area contributed by atoms with Crippen LogP contribution >= 0.6 is 11.3 Å². The van der Waals surface area contributed by atoms with E-state index in [2.05, 4.69) is 25.8 Å². The van der Waals surface area contributed by atoms with Gasteiger partial charge in [-0.05, 0) is 22.6 Å². The summed E-state index contributed by atoms with van der Waals surface area (Å²) in [5.74, 6) is -0.300. The Balaban J connectivity index is 1.86. The topological polar surface area (TPSA) is 112 Å². The van der Waals surface area contributed by atoms with Crippen molar-refractivity contribution in [2.24, 2.45) is 5.73 Å². The maximum Gasteiger partial charge on any atom is 0.275 e. The first-order chi connectivity index (χ1) is 10.3. The van der Waals surface area contributed by atoms with Crippen molar-refractivity contribution in [1.29, 1.82) is 0 Å². The third-order valence-corrected chi connectivity index (χ3v) is 3.58. The number of thiazole rings is 1. The van der Waals surface area contributed by atoms with E-state index in [1.807, 2.05) is 12.1 Å². The number of benzene rings is 1. The molecule has 0 spiro atoms. The Hall–Kier alpha value is -2.65. The molecule has 9 heteroatoms. The summed E-state index contributed by atoms with van der Waals surface area (Å²) in [7, 11) is 0. The Morgan fingerprint density at radius 1 is 1.38 bits per heavy atom. The van der Waals surface area contributed by atoms with Gasteiger partial charge in [0.05, 0.1) is 11.4 Å². The van der Waals surface area contributed by atoms with E-state index in [0.717, 1.165) is 0 Å². The SMILES string of the molecule is NCc1nc(C(=O)Nc2ccccc2-n2cnnn2)cs1. The summed E-state index contributed by atoms with van der Waals surface area (Å²) in [5, 5.41) is 16.2. The molecule has 2 aromatic heterocycles. The van der Waals surface area contributed by atoms with Gasteiger partial charge < -0.3 is 11.1 Å². The van der Waals surface area contributed by atoms with Gasteiger partial charge in [0.1, 0.15) is 17.0 Å². The number of rotatable bonds is 4. The first kappa shape index (κ1) is 13.3. The van der Waals surface area contributed by atoms with E-state index in [9.17, 15) is 4.79 Å². The Morgan fingerprint density at radius 3 is 2.95 bits per heavy atom. The monoisotopic (exact) mass is 301 g/mol. The highest BCUT2D eigenvalue weighted by atomic mass is 32.1. The van der Waals surface area contributed by atoms with Crippen molar-refractivity contribution in [1.82, 2.24) is 25.2 Å². The largest absolute Gasteiger partial charge is 0.325 e. The number of hydrogen-bond donors (Lipinski definition) is 2. The number of anilines is 1. The van der Waals surface area contributed by atoms with Gasteiger partial charge in [0.15, 0.2) is 0 Å². The minimum atomic E-state index is -0.300. The molecule has 1 aromatic carbocycles. The van der Waals surface area contributed by atoms with Gasteiger partial charge in [-0.1, -0.05) is 12.1 Å². The molecule has 3 aromatic rings. The van der Waals surface area contributed by atoms with Gasteiger partial charge in [0.25, 0.3) is 5.91 Å². The lowest BCUT2D eigenvalue weighted by Crippen LogP contribution is -2.14. The van der Waals surface area contributed by atoms with Crippen LogP contribution in [-0.4, -0.2) is 31.1 Å². The fourth-order valence-corrected chi connectivity index (χ4v) is 2.40. The van der Waals surface area contributed by atoms with Crippen LogP contribution in [0.4, 0.5) is 5.69 Å². The summed E-state index contributed by atoms with van der Waals surface area (Å²) in [6.45, 7) is 0.319. The predicted octanol–water partition coefficient (Wildman–Crippen LogP) is 0.830. The Kier molecular flexibility index (Phi) is 3.67. The molecule has 2 heterocycles. The van der Waals surface area contributed by atoms with Crippen LogP contribution in [0.15, 0.2) is 36.0 Å². The van der Waals surface area contributed by atoms with Crippen LogP contribution in [0.2, 0.25) is 0 Å². The zero-order chi connectivity index (χ0) is 14.7. The van der Waals surface area contributed by atoms with Crippen LogP contribution in [-0.2, 0) is 6.54 Å². The molecule has 3 rings (SSSR count). The molecule has 0 radical (unpaired) electrons. The second-order valence-electron chi connectivity index (χ2n) is 4.06. The number of aromatic nitrogens is 5. The Bertz CT molecular complexity index is 753. The minimum absolute atomic E-state index is 0.300. The van der Waals surface area contributed by atoms with Crippen LogP contribution in [0.5, 0.6) is 0 Å². The lowest BCUT2D eigenvalue weighted by atomic mass is 10.2. The van der Waals surface area contributed by atoms with E-state index < -0.39 is 0 Å². The molecular weight excluding hydrogens is 290 g/mol. The lowest BCUT2D eigenvalue weighted by molar-refractivity contribution is 0.102. The van der Waals surface area contributed by atoms with E-state index in [4.69, 9.17) is 5.73 Å². The molecule has 106 valence electrons. The van der Waals surface area contributed by atoms with Crippen molar-refractivity contribution < 1.29 is 4.79 Å². The number of nitrogens with two attached hydrogens (primary N) is 1. The first-order valence-electron chi connectivity index (χ1n) is 6.06. The van der Waals surface area contributed by atoms with Gasteiger partial charge in [0.2, 0.25) is 0 Å². The zero-order valence-electron chi connectivity index (χ0n) is 10.8. The van der Waals surface area contributed by atoms with Crippen molar-refractivity contribution in [3.05, 3.63) is 46.7 Å². The van der Waals surface area contributed by atoms with Crippen molar-refractivity contribution in [2.45, 2.75) is 6.54 Å². The average molecular weight is 301 g/mol. The maximum absolute atomic E-state index is 12.2. The van der Waals surface area contributed by atoms with E-state index in [1.54, 1.807) is 17.5 Å². The zero-order valence-corrected chi connectivity index (χ0v) is 11.6. The molecule has 0 aliphatic rings. The standard InChI is InChI=1S/C12H11N7OS/c13-5-11-15-9(6-21-11)12(20)16-8-3-1-2-4-10(8)19-7-14-17-18-19/h1-4,6-7H,5,13H2,(H,16,20). The number of hydrogen-bond acceptors (Lipinski definition) is 7. The molecule has 21 heavy (non-hydrogen) atoms. The summed E-state index contributed by atoms with van der Waals surface area (Å²) < 4.78 is 1.47. The highest BCUT2D eigenvalue weighted by Crippen LogP contribution is 2.19. The van der Waals surface area contributed by atoms with Crippen LogP contribution < -0.4 is 11.1 Å². The summed E-state index contributed by atoms with van der Waals surface area (Å²) in [5.41, 5.74) is 7.10. The molecule has 0 saturated heterocycles. The Morgan fingerprint density at radius 2 is 2.24 bits per heavy atom. The second-order valence-corrected chi connectivity index (χ2v) is 5.00. The molecule has 0 fully saturated rings. The summed E-state index contributed by atoms with van der Waals surface area (Å²) in [6.07, 6.45) is 1.46. The van der Waals surface area contributed by atoms with Crippen molar-refractivity contribution in [3.8, 4) is 5.69 Å². The van der Waals surface area contributed by atoms with Crippen LogP contribution in [0.25, 0.3) is 5.69 Å². The molecule has 3 N–H and O–H groups in total.